The number of carboxylic acids is 1. The molecule has 1 aliphatic rings. The molecule has 1 amide bonds. The number of thiocarbonyl (C=S) groups is 1. The lowest BCUT2D eigenvalue weighted by atomic mass is 10.1. The van der Waals surface area contributed by atoms with Crippen LogP contribution in [0.25, 0.3) is 6.08 Å². The number of aliphatic carboxylic acids is 1. The van der Waals surface area contributed by atoms with Crippen molar-refractivity contribution in [2.75, 3.05) is 4.90 Å². The molecule has 1 heterocycles. The molecule has 2 aromatic rings. The Balaban J connectivity index is 1.92. The maximum absolute atomic E-state index is 13.0. The zero-order valence-corrected chi connectivity index (χ0v) is 17.3. The minimum atomic E-state index is -1.06. The van der Waals surface area contributed by atoms with Gasteiger partial charge in [0.15, 0.2) is 10.4 Å². The van der Waals surface area contributed by atoms with Crippen LogP contribution in [0, 0.1) is 13.8 Å². The van der Waals surface area contributed by atoms with E-state index in [1.54, 1.807) is 30.3 Å². The molecule has 1 unspecified atom stereocenters. The van der Waals surface area contributed by atoms with Gasteiger partial charge in [-0.3, -0.25) is 9.69 Å². The molecule has 5 nitrogen and oxygen atoms in total. The predicted molar refractivity (Wildman–Crippen MR) is 116 cm³/mol. The van der Waals surface area contributed by atoms with Gasteiger partial charge in [-0.2, -0.15) is 0 Å². The molecule has 2 aromatic carbocycles. The molecule has 1 saturated heterocycles. The number of anilines is 1. The number of amides is 1. The first-order valence-corrected chi connectivity index (χ1v) is 9.84. The molecule has 3 rings (SSSR count). The topological polar surface area (TPSA) is 66.8 Å². The van der Waals surface area contributed by atoms with Gasteiger partial charge < -0.3 is 9.84 Å². The van der Waals surface area contributed by atoms with Crippen LogP contribution < -0.4 is 9.64 Å². The summed E-state index contributed by atoms with van der Waals surface area (Å²) in [5, 5.41) is 9.08. The predicted octanol–water partition coefficient (Wildman–Crippen LogP) is 4.56. The van der Waals surface area contributed by atoms with Crippen LogP contribution in [0.1, 0.15) is 23.6 Å². The van der Waals surface area contributed by atoms with Gasteiger partial charge in [-0.25, -0.2) is 4.79 Å². The first-order valence-electron chi connectivity index (χ1n) is 8.61. The molecule has 28 heavy (non-hydrogen) atoms. The van der Waals surface area contributed by atoms with Crippen molar-refractivity contribution in [3.8, 4) is 5.75 Å². The van der Waals surface area contributed by atoms with Gasteiger partial charge in [0.05, 0.1) is 10.6 Å². The SMILES string of the molecule is Cc1ccc(N2C(=O)/C(=C\c3ccccc3OC(C)C(=O)O)SC2=S)cc1C. The van der Waals surface area contributed by atoms with Crippen LogP contribution in [0.2, 0.25) is 0 Å². The monoisotopic (exact) mass is 413 g/mol. The molecule has 7 heteroatoms. The molecular weight excluding hydrogens is 394 g/mol. The first kappa shape index (κ1) is 20.1. The number of aryl methyl sites for hydroxylation is 2. The third-order valence-corrected chi connectivity index (χ3v) is 5.70. The maximum Gasteiger partial charge on any atom is 0.344 e. The minimum Gasteiger partial charge on any atom is -0.479 e. The summed E-state index contributed by atoms with van der Waals surface area (Å²) >= 11 is 6.64. The molecule has 1 N–H and O–H groups in total. The second-order valence-electron chi connectivity index (χ2n) is 6.42. The van der Waals surface area contributed by atoms with Crippen LogP contribution in [0.3, 0.4) is 0 Å². The fraction of sp³-hybridized carbons (Fsp3) is 0.190. The summed E-state index contributed by atoms with van der Waals surface area (Å²) in [6.45, 7) is 5.46. The molecule has 0 aliphatic carbocycles. The summed E-state index contributed by atoms with van der Waals surface area (Å²) in [4.78, 5) is 26.0. The van der Waals surface area contributed by atoms with Crippen molar-refractivity contribution in [1.29, 1.82) is 0 Å². The maximum atomic E-state index is 13.0. The van der Waals surface area contributed by atoms with Crippen LogP contribution in [0.4, 0.5) is 5.69 Å². The fourth-order valence-corrected chi connectivity index (χ4v) is 3.93. The van der Waals surface area contributed by atoms with Crippen molar-refractivity contribution >= 4 is 51.9 Å². The highest BCUT2D eigenvalue weighted by atomic mass is 32.2. The molecule has 0 spiro atoms. The van der Waals surface area contributed by atoms with Crippen LogP contribution in [0.15, 0.2) is 47.4 Å². The van der Waals surface area contributed by atoms with Crippen LogP contribution in [-0.2, 0) is 9.59 Å². The highest BCUT2D eigenvalue weighted by Crippen LogP contribution is 2.37. The summed E-state index contributed by atoms with van der Waals surface area (Å²) in [6, 6.07) is 12.8. The average Bonchev–Trinajstić information content (AvgIpc) is 2.92. The van der Waals surface area contributed by atoms with Crippen molar-refractivity contribution in [2.24, 2.45) is 0 Å². The summed E-state index contributed by atoms with van der Waals surface area (Å²) < 4.78 is 5.96. The van der Waals surface area contributed by atoms with Crippen molar-refractivity contribution in [2.45, 2.75) is 26.9 Å². The Kier molecular flexibility index (Phi) is 5.86. The van der Waals surface area contributed by atoms with E-state index < -0.39 is 12.1 Å². The van der Waals surface area contributed by atoms with Crippen LogP contribution in [-0.4, -0.2) is 27.4 Å². The van der Waals surface area contributed by atoms with Gasteiger partial charge in [-0.1, -0.05) is 48.2 Å². The quantitative estimate of drug-likeness (QED) is 0.573. The molecule has 0 bridgehead atoms. The lowest BCUT2D eigenvalue weighted by Crippen LogP contribution is -2.27. The summed E-state index contributed by atoms with van der Waals surface area (Å²) in [5.41, 5.74) is 3.58. The van der Waals surface area contributed by atoms with E-state index in [1.165, 1.54) is 23.6 Å². The van der Waals surface area contributed by atoms with Crippen molar-refractivity contribution in [3.63, 3.8) is 0 Å². The Morgan fingerprint density at radius 2 is 1.93 bits per heavy atom. The highest BCUT2D eigenvalue weighted by molar-refractivity contribution is 8.27. The number of carbonyl (C=O) groups is 2. The molecule has 0 aromatic heterocycles. The van der Waals surface area contributed by atoms with Gasteiger partial charge in [-0.15, -0.1) is 0 Å². The molecule has 1 fully saturated rings. The number of carbonyl (C=O) groups excluding carboxylic acids is 1. The third-order valence-electron chi connectivity index (χ3n) is 4.40. The molecule has 0 radical (unpaired) electrons. The van der Waals surface area contributed by atoms with Gasteiger partial charge >= 0.3 is 5.97 Å². The van der Waals surface area contributed by atoms with Gasteiger partial charge in [0.25, 0.3) is 5.91 Å². The summed E-state index contributed by atoms with van der Waals surface area (Å²) in [6.07, 6.45) is 0.684. The van der Waals surface area contributed by atoms with Crippen molar-refractivity contribution < 1.29 is 19.4 Å². The fourth-order valence-electron chi connectivity index (χ4n) is 2.64. The Labute approximate surface area is 173 Å². The number of rotatable bonds is 5. The van der Waals surface area contributed by atoms with E-state index in [-0.39, 0.29) is 5.91 Å². The van der Waals surface area contributed by atoms with E-state index in [4.69, 9.17) is 22.1 Å². The number of benzene rings is 2. The van der Waals surface area contributed by atoms with Gasteiger partial charge in [-0.05, 0) is 56.2 Å². The van der Waals surface area contributed by atoms with E-state index in [0.717, 1.165) is 16.8 Å². The molecular formula is C21H19NO4S2. The van der Waals surface area contributed by atoms with E-state index in [1.807, 2.05) is 32.0 Å². The first-order chi connectivity index (χ1) is 13.3. The summed E-state index contributed by atoms with van der Waals surface area (Å²) in [5.74, 6) is -0.871. The summed E-state index contributed by atoms with van der Waals surface area (Å²) in [7, 11) is 0. The lowest BCUT2D eigenvalue weighted by Gasteiger charge is -2.16. The number of ether oxygens (including phenoxy) is 1. The Morgan fingerprint density at radius 3 is 2.61 bits per heavy atom. The lowest BCUT2D eigenvalue weighted by molar-refractivity contribution is -0.144. The highest BCUT2D eigenvalue weighted by Gasteiger charge is 2.33. The second kappa shape index (κ2) is 8.16. The normalized spacial score (nSPS) is 16.5. The zero-order valence-electron chi connectivity index (χ0n) is 15.6. The van der Waals surface area contributed by atoms with Crippen LogP contribution in [0.5, 0.6) is 5.75 Å². The van der Waals surface area contributed by atoms with Gasteiger partial charge in [0.1, 0.15) is 5.75 Å². The number of hydrogen-bond acceptors (Lipinski definition) is 5. The van der Waals surface area contributed by atoms with Crippen molar-refractivity contribution in [1.82, 2.24) is 0 Å². The Morgan fingerprint density at radius 1 is 1.21 bits per heavy atom. The number of para-hydroxylation sites is 1. The smallest absolute Gasteiger partial charge is 0.344 e. The Bertz CT molecular complexity index is 1000. The van der Waals surface area contributed by atoms with Gasteiger partial charge in [0, 0.05) is 5.56 Å². The standard InChI is InChI=1S/C21H19NO4S2/c1-12-8-9-16(10-13(12)2)22-19(23)18(28-21(22)27)11-15-6-4-5-7-17(15)26-14(3)20(24)25/h4-11,14H,1-3H3,(H,24,25)/b18-11+. The molecule has 1 aliphatic heterocycles. The van der Waals surface area contributed by atoms with E-state index in [2.05, 4.69) is 0 Å². The number of carboxylic acid groups (broad SMARTS) is 1. The molecule has 0 saturated carbocycles. The largest absolute Gasteiger partial charge is 0.479 e. The molecule has 144 valence electrons. The third kappa shape index (κ3) is 4.10. The molecule has 1 atom stereocenters. The Hall–Kier alpha value is -2.64. The number of nitrogens with zero attached hydrogens (tertiary/aromatic N) is 1. The van der Waals surface area contributed by atoms with Crippen LogP contribution >= 0.6 is 24.0 Å². The van der Waals surface area contributed by atoms with E-state index in [9.17, 15) is 9.59 Å². The second-order valence-corrected chi connectivity index (χ2v) is 8.10. The number of hydrogen-bond donors (Lipinski definition) is 1. The average molecular weight is 414 g/mol. The number of thioether (sulfide) groups is 1. The van der Waals surface area contributed by atoms with Crippen molar-refractivity contribution in [3.05, 3.63) is 64.1 Å². The zero-order chi connectivity index (χ0) is 20.4. The van der Waals surface area contributed by atoms with Gasteiger partial charge in [0.2, 0.25) is 0 Å². The van der Waals surface area contributed by atoms with E-state index >= 15 is 0 Å². The minimum absolute atomic E-state index is 0.209. The van der Waals surface area contributed by atoms with E-state index in [0.29, 0.717) is 20.5 Å².